The molecule has 108 valence electrons. The summed E-state index contributed by atoms with van der Waals surface area (Å²) >= 11 is 0. The van der Waals surface area contributed by atoms with Crippen molar-refractivity contribution in [2.24, 2.45) is 5.92 Å². The first-order chi connectivity index (χ1) is 9.67. The van der Waals surface area contributed by atoms with Crippen molar-refractivity contribution in [2.45, 2.75) is 33.2 Å². The molecule has 2 nitrogen and oxygen atoms in total. The molecular formula is C18H25NO. The van der Waals surface area contributed by atoms with E-state index in [1.165, 1.54) is 16.3 Å². The summed E-state index contributed by atoms with van der Waals surface area (Å²) in [6.07, 6.45) is 1.14. The van der Waals surface area contributed by atoms with Gasteiger partial charge in [-0.1, -0.05) is 51.1 Å². The molecule has 0 radical (unpaired) electrons. The number of methoxy groups -OCH3 is 1. The van der Waals surface area contributed by atoms with Gasteiger partial charge in [-0.3, -0.25) is 0 Å². The third kappa shape index (κ3) is 3.13. The highest BCUT2D eigenvalue weighted by Crippen LogP contribution is 2.33. The summed E-state index contributed by atoms with van der Waals surface area (Å²) in [5.41, 5.74) is 1.37. The van der Waals surface area contributed by atoms with Crippen molar-refractivity contribution in [3.8, 4) is 5.75 Å². The third-order valence-corrected chi connectivity index (χ3v) is 3.67. The van der Waals surface area contributed by atoms with Gasteiger partial charge in [-0.05, 0) is 35.9 Å². The second-order valence-corrected chi connectivity index (χ2v) is 5.64. The van der Waals surface area contributed by atoms with Gasteiger partial charge in [0.15, 0.2) is 0 Å². The van der Waals surface area contributed by atoms with Gasteiger partial charge in [-0.25, -0.2) is 0 Å². The first-order valence-corrected chi connectivity index (χ1v) is 7.46. The van der Waals surface area contributed by atoms with Crippen LogP contribution in [-0.2, 0) is 0 Å². The molecular weight excluding hydrogens is 246 g/mol. The molecule has 0 spiro atoms. The van der Waals surface area contributed by atoms with Crippen LogP contribution in [0.4, 0.5) is 0 Å². The van der Waals surface area contributed by atoms with Gasteiger partial charge in [0.05, 0.1) is 7.11 Å². The average molecular weight is 271 g/mol. The highest BCUT2D eigenvalue weighted by Gasteiger charge is 2.16. The molecule has 1 N–H and O–H groups in total. The largest absolute Gasteiger partial charge is 0.496 e. The van der Waals surface area contributed by atoms with Gasteiger partial charge in [0.25, 0.3) is 0 Å². The molecule has 0 amide bonds. The average Bonchev–Trinajstić information content (AvgIpc) is 2.45. The lowest BCUT2D eigenvalue weighted by Crippen LogP contribution is -2.22. The lowest BCUT2D eigenvalue weighted by atomic mass is 9.92. The van der Waals surface area contributed by atoms with E-state index in [4.69, 9.17) is 4.74 Å². The van der Waals surface area contributed by atoms with Crippen LogP contribution in [0.1, 0.15) is 38.8 Å². The zero-order valence-electron chi connectivity index (χ0n) is 12.9. The Bertz CT molecular complexity index is 562. The summed E-state index contributed by atoms with van der Waals surface area (Å²) < 4.78 is 5.48. The summed E-state index contributed by atoms with van der Waals surface area (Å²) in [6.45, 7) is 7.70. The topological polar surface area (TPSA) is 21.3 Å². The fraction of sp³-hybridized carbons (Fsp3) is 0.444. The summed E-state index contributed by atoms with van der Waals surface area (Å²) in [7, 11) is 1.73. The minimum Gasteiger partial charge on any atom is -0.496 e. The van der Waals surface area contributed by atoms with E-state index in [9.17, 15) is 0 Å². The van der Waals surface area contributed by atoms with Crippen LogP contribution >= 0.6 is 0 Å². The number of ether oxygens (including phenoxy) is 1. The van der Waals surface area contributed by atoms with Gasteiger partial charge in [0, 0.05) is 11.4 Å². The van der Waals surface area contributed by atoms with Crippen LogP contribution in [0, 0.1) is 5.92 Å². The van der Waals surface area contributed by atoms with E-state index in [2.05, 4.69) is 62.5 Å². The predicted molar refractivity (Wildman–Crippen MR) is 86.4 cm³/mol. The molecule has 0 heterocycles. The Morgan fingerprint density at radius 2 is 1.75 bits per heavy atom. The number of hydrogen-bond acceptors (Lipinski definition) is 2. The van der Waals surface area contributed by atoms with E-state index in [0.717, 1.165) is 18.7 Å². The number of rotatable bonds is 6. The lowest BCUT2D eigenvalue weighted by Gasteiger charge is -2.22. The Labute approximate surface area is 122 Å². The molecule has 2 heteroatoms. The van der Waals surface area contributed by atoms with E-state index in [0.29, 0.717) is 12.0 Å². The SMILES string of the molecule is CCNC(CC(C)C)c1ccc(OC)c2ccccc12. The van der Waals surface area contributed by atoms with E-state index in [-0.39, 0.29) is 0 Å². The van der Waals surface area contributed by atoms with E-state index < -0.39 is 0 Å². The number of hydrogen-bond donors (Lipinski definition) is 1. The molecule has 0 aliphatic heterocycles. The van der Waals surface area contributed by atoms with Crippen LogP contribution in [0.25, 0.3) is 10.8 Å². The van der Waals surface area contributed by atoms with Crippen LogP contribution in [0.3, 0.4) is 0 Å². The fourth-order valence-corrected chi connectivity index (χ4v) is 2.81. The van der Waals surface area contributed by atoms with Crippen LogP contribution < -0.4 is 10.1 Å². The van der Waals surface area contributed by atoms with Crippen LogP contribution in [0.15, 0.2) is 36.4 Å². The first kappa shape index (κ1) is 14.9. The standard InChI is InChI=1S/C18H25NO/c1-5-19-17(12-13(2)3)15-10-11-18(20-4)16-9-7-6-8-14(15)16/h6-11,13,17,19H,5,12H2,1-4H3. The van der Waals surface area contributed by atoms with Crippen molar-refractivity contribution >= 4 is 10.8 Å². The van der Waals surface area contributed by atoms with Crippen molar-refractivity contribution in [1.29, 1.82) is 0 Å². The highest BCUT2D eigenvalue weighted by atomic mass is 16.5. The van der Waals surface area contributed by atoms with Crippen LogP contribution in [0.2, 0.25) is 0 Å². The number of nitrogens with one attached hydrogen (secondary N) is 1. The van der Waals surface area contributed by atoms with Gasteiger partial charge >= 0.3 is 0 Å². The minimum atomic E-state index is 0.399. The Morgan fingerprint density at radius 1 is 1.05 bits per heavy atom. The molecule has 0 aliphatic rings. The van der Waals surface area contributed by atoms with Crippen LogP contribution in [-0.4, -0.2) is 13.7 Å². The van der Waals surface area contributed by atoms with Gasteiger partial charge in [0.2, 0.25) is 0 Å². The van der Waals surface area contributed by atoms with Gasteiger partial charge in [-0.2, -0.15) is 0 Å². The molecule has 2 rings (SSSR count). The maximum Gasteiger partial charge on any atom is 0.126 e. The summed E-state index contributed by atoms with van der Waals surface area (Å²) in [4.78, 5) is 0. The molecule has 0 aromatic heterocycles. The molecule has 2 aromatic carbocycles. The zero-order valence-corrected chi connectivity index (χ0v) is 12.9. The minimum absolute atomic E-state index is 0.399. The van der Waals surface area contributed by atoms with Crippen molar-refractivity contribution in [1.82, 2.24) is 5.32 Å². The van der Waals surface area contributed by atoms with E-state index in [1.54, 1.807) is 7.11 Å². The quantitative estimate of drug-likeness (QED) is 0.832. The molecule has 2 aromatic rings. The van der Waals surface area contributed by atoms with E-state index in [1.807, 2.05) is 0 Å². The predicted octanol–water partition coefficient (Wildman–Crippen LogP) is 4.55. The van der Waals surface area contributed by atoms with Gasteiger partial charge in [-0.15, -0.1) is 0 Å². The third-order valence-electron chi connectivity index (χ3n) is 3.67. The summed E-state index contributed by atoms with van der Waals surface area (Å²) in [5, 5.41) is 6.10. The molecule has 20 heavy (non-hydrogen) atoms. The summed E-state index contributed by atoms with van der Waals surface area (Å²) in [5.74, 6) is 1.61. The molecule has 0 aliphatic carbocycles. The Balaban J connectivity index is 2.52. The lowest BCUT2D eigenvalue weighted by molar-refractivity contribution is 0.418. The highest BCUT2D eigenvalue weighted by molar-refractivity contribution is 5.91. The molecule has 1 atom stereocenters. The smallest absolute Gasteiger partial charge is 0.126 e. The van der Waals surface area contributed by atoms with Crippen LogP contribution in [0.5, 0.6) is 5.75 Å². The monoisotopic (exact) mass is 271 g/mol. The second kappa shape index (κ2) is 6.76. The van der Waals surface area contributed by atoms with Gasteiger partial charge in [0.1, 0.15) is 5.75 Å². The van der Waals surface area contributed by atoms with Crippen molar-refractivity contribution in [3.05, 3.63) is 42.0 Å². The number of fused-ring (bicyclic) bond motifs is 1. The summed E-state index contributed by atoms with van der Waals surface area (Å²) in [6, 6.07) is 13.2. The maximum atomic E-state index is 5.48. The molecule has 0 saturated carbocycles. The second-order valence-electron chi connectivity index (χ2n) is 5.64. The van der Waals surface area contributed by atoms with Crippen molar-refractivity contribution in [3.63, 3.8) is 0 Å². The van der Waals surface area contributed by atoms with Gasteiger partial charge < -0.3 is 10.1 Å². The molecule has 0 bridgehead atoms. The normalized spacial score (nSPS) is 12.8. The van der Waals surface area contributed by atoms with Crippen molar-refractivity contribution < 1.29 is 4.74 Å². The molecule has 1 unspecified atom stereocenters. The Morgan fingerprint density at radius 3 is 2.35 bits per heavy atom. The number of benzene rings is 2. The zero-order chi connectivity index (χ0) is 14.5. The van der Waals surface area contributed by atoms with Crippen molar-refractivity contribution in [2.75, 3.05) is 13.7 Å². The Kier molecular flexibility index (Phi) is 5.02. The van der Waals surface area contributed by atoms with E-state index >= 15 is 0 Å². The fourth-order valence-electron chi connectivity index (χ4n) is 2.81. The first-order valence-electron chi connectivity index (χ1n) is 7.46. The Hall–Kier alpha value is -1.54. The molecule has 0 fully saturated rings. The maximum absolute atomic E-state index is 5.48. The molecule has 0 saturated heterocycles.